The molecule has 0 radical (unpaired) electrons. The van der Waals surface area contributed by atoms with E-state index in [0.717, 1.165) is 24.2 Å². The van der Waals surface area contributed by atoms with Gasteiger partial charge in [-0.2, -0.15) is 4.31 Å². The molecule has 1 aliphatic heterocycles. The van der Waals surface area contributed by atoms with E-state index in [2.05, 4.69) is 10.2 Å². The molecule has 2 heterocycles. The van der Waals surface area contributed by atoms with Crippen molar-refractivity contribution in [3.8, 4) is 0 Å². The summed E-state index contributed by atoms with van der Waals surface area (Å²) in [6.07, 6.45) is 4.49. The highest BCUT2D eigenvalue weighted by Gasteiger charge is 2.33. The number of sulfonamides is 1. The van der Waals surface area contributed by atoms with Crippen molar-refractivity contribution in [2.45, 2.75) is 48.9 Å². The van der Waals surface area contributed by atoms with Crippen LogP contribution in [0.4, 0.5) is 0 Å². The van der Waals surface area contributed by atoms with Crippen molar-refractivity contribution >= 4 is 38.9 Å². The average molecular weight is 406 g/mol. The van der Waals surface area contributed by atoms with Gasteiger partial charge in [0.2, 0.25) is 5.91 Å². The Morgan fingerprint density at radius 1 is 1.24 bits per heavy atom. The number of amides is 1. The first-order valence-corrected chi connectivity index (χ1v) is 11.3. The molecule has 1 N–H and O–H groups in total. The van der Waals surface area contributed by atoms with Crippen LogP contribution in [-0.2, 0) is 14.8 Å². The van der Waals surface area contributed by atoms with E-state index in [4.69, 9.17) is 11.6 Å². The molecule has 1 atom stereocenters. The number of rotatable bonds is 5. The predicted octanol–water partition coefficient (Wildman–Crippen LogP) is 2.16. The van der Waals surface area contributed by atoms with Crippen molar-refractivity contribution in [2.24, 2.45) is 0 Å². The second-order valence-electron chi connectivity index (χ2n) is 6.66. The van der Waals surface area contributed by atoms with Crippen LogP contribution in [0.3, 0.4) is 0 Å². The largest absolute Gasteiger partial charge is 0.352 e. The van der Waals surface area contributed by atoms with Crippen LogP contribution >= 0.6 is 22.9 Å². The maximum atomic E-state index is 12.6. The Bertz CT molecular complexity index is 708. The number of nitrogens with zero attached hydrogens (tertiary/aromatic N) is 2. The fourth-order valence-electron chi connectivity index (χ4n) is 3.45. The molecular formula is C16H24ClN3O3S2. The van der Waals surface area contributed by atoms with Crippen molar-refractivity contribution in [3.05, 3.63) is 16.5 Å². The zero-order chi connectivity index (χ0) is 18.0. The molecule has 1 aromatic rings. The van der Waals surface area contributed by atoms with Crippen molar-refractivity contribution in [3.63, 3.8) is 0 Å². The molecule has 0 spiro atoms. The monoisotopic (exact) mass is 405 g/mol. The van der Waals surface area contributed by atoms with E-state index in [1.165, 1.54) is 17.1 Å². The Kier molecular flexibility index (Phi) is 6.05. The molecule has 6 nitrogen and oxygen atoms in total. The van der Waals surface area contributed by atoms with E-state index < -0.39 is 10.0 Å². The SMILES string of the molecule is C[C@@H](C(=O)NC1CCCC1)N1CCN(S(=O)(=O)c2ccc(Cl)s2)CC1. The van der Waals surface area contributed by atoms with Crippen molar-refractivity contribution < 1.29 is 13.2 Å². The van der Waals surface area contributed by atoms with Crippen molar-refractivity contribution in [1.29, 1.82) is 0 Å². The van der Waals surface area contributed by atoms with Crippen molar-refractivity contribution in [2.75, 3.05) is 26.2 Å². The summed E-state index contributed by atoms with van der Waals surface area (Å²) in [7, 11) is -3.49. The molecule has 25 heavy (non-hydrogen) atoms. The lowest BCUT2D eigenvalue weighted by Crippen LogP contribution is -2.55. The molecule has 1 saturated heterocycles. The van der Waals surface area contributed by atoms with Gasteiger partial charge in [-0.1, -0.05) is 24.4 Å². The smallest absolute Gasteiger partial charge is 0.252 e. The number of piperazine rings is 1. The van der Waals surface area contributed by atoms with Gasteiger partial charge in [0.15, 0.2) is 0 Å². The van der Waals surface area contributed by atoms with Gasteiger partial charge in [-0.3, -0.25) is 9.69 Å². The van der Waals surface area contributed by atoms with E-state index >= 15 is 0 Å². The van der Waals surface area contributed by atoms with Gasteiger partial charge in [-0.05, 0) is 31.9 Å². The van der Waals surface area contributed by atoms with Crippen LogP contribution in [0, 0.1) is 0 Å². The Labute approximate surface area is 158 Å². The van der Waals surface area contributed by atoms with Gasteiger partial charge >= 0.3 is 0 Å². The molecule has 0 bridgehead atoms. The molecule has 0 unspecified atom stereocenters. The number of carbonyl (C=O) groups is 1. The lowest BCUT2D eigenvalue weighted by Gasteiger charge is -2.36. The van der Waals surface area contributed by atoms with Gasteiger partial charge < -0.3 is 5.32 Å². The molecule has 1 saturated carbocycles. The summed E-state index contributed by atoms with van der Waals surface area (Å²) in [5.74, 6) is 0.0493. The minimum Gasteiger partial charge on any atom is -0.352 e. The first-order chi connectivity index (χ1) is 11.9. The number of thiophene rings is 1. The second-order valence-corrected chi connectivity index (χ2v) is 10.5. The topological polar surface area (TPSA) is 69.7 Å². The van der Waals surface area contributed by atoms with Gasteiger partial charge in [-0.25, -0.2) is 8.42 Å². The predicted molar refractivity (Wildman–Crippen MR) is 99.5 cm³/mol. The minimum atomic E-state index is -3.49. The van der Waals surface area contributed by atoms with Gasteiger partial charge in [0.1, 0.15) is 4.21 Å². The molecule has 1 aliphatic carbocycles. The molecular weight excluding hydrogens is 382 g/mol. The Hall–Kier alpha value is -0.670. The molecule has 0 aromatic carbocycles. The standard InChI is InChI=1S/C16H24ClN3O3S2/c1-12(16(21)18-13-4-2-3-5-13)19-8-10-20(11-9-19)25(22,23)15-7-6-14(17)24-15/h6-7,12-13H,2-5,8-11H2,1H3,(H,18,21)/t12-/m0/s1. The van der Waals surface area contributed by atoms with Crippen LogP contribution in [0.5, 0.6) is 0 Å². The van der Waals surface area contributed by atoms with Crippen LogP contribution in [-0.4, -0.2) is 61.8 Å². The van der Waals surface area contributed by atoms with E-state index in [0.29, 0.717) is 36.6 Å². The third kappa shape index (κ3) is 4.36. The zero-order valence-corrected chi connectivity index (χ0v) is 16.7. The van der Waals surface area contributed by atoms with Gasteiger partial charge in [0.25, 0.3) is 10.0 Å². The van der Waals surface area contributed by atoms with Crippen LogP contribution in [0.25, 0.3) is 0 Å². The highest BCUT2D eigenvalue weighted by atomic mass is 35.5. The van der Waals surface area contributed by atoms with E-state index in [9.17, 15) is 13.2 Å². The zero-order valence-electron chi connectivity index (χ0n) is 14.3. The number of hydrogen-bond acceptors (Lipinski definition) is 5. The summed E-state index contributed by atoms with van der Waals surface area (Å²) in [4.78, 5) is 14.5. The lowest BCUT2D eigenvalue weighted by molar-refractivity contribution is -0.127. The van der Waals surface area contributed by atoms with Gasteiger partial charge in [-0.15, -0.1) is 11.3 Å². The first-order valence-electron chi connectivity index (χ1n) is 8.68. The normalized spacial score (nSPS) is 22.2. The van der Waals surface area contributed by atoms with Crippen LogP contribution in [0.1, 0.15) is 32.6 Å². The number of carbonyl (C=O) groups excluding carboxylic acids is 1. The fourth-order valence-corrected chi connectivity index (χ4v) is 6.51. The van der Waals surface area contributed by atoms with Gasteiger partial charge in [0, 0.05) is 32.2 Å². The van der Waals surface area contributed by atoms with Crippen LogP contribution in [0.15, 0.2) is 16.3 Å². The summed E-state index contributed by atoms with van der Waals surface area (Å²) in [5.41, 5.74) is 0. The van der Waals surface area contributed by atoms with Gasteiger partial charge in [0.05, 0.1) is 10.4 Å². The molecule has 2 aliphatic rings. The quantitative estimate of drug-likeness (QED) is 0.814. The minimum absolute atomic E-state index is 0.0493. The van der Waals surface area contributed by atoms with Crippen LogP contribution < -0.4 is 5.32 Å². The summed E-state index contributed by atoms with van der Waals surface area (Å²) < 4.78 is 27.5. The summed E-state index contributed by atoms with van der Waals surface area (Å²) in [5, 5.41) is 3.12. The second kappa shape index (κ2) is 7.92. The highest BCUT2D eigenvalue weighted by molar-refractivity contribution is 7.91. The summed E-state index contributed by atoms with van der Waals surface area (Å²) in [6.45, 7) is 3.78. The first kappa shape index (κ1) is 19.1. The summed E-state index contributed by atoms with van der Waals surface area (Å²) >= 11 is 6.93. The fraction of sp³-hybridized carbons (Fsp3) is 0.688. The van der Waals surface area contributed by atoms with E-state index in [-0.39, 0.29) is 16.2 Å². The van der Waals surface area contributed by atoms with E-state index in [1.807, 2.05) is 6.92 Å². The summed E-state index contributed by atoms with van der Waals surface area (Å²) in [6, 6.07) is 3.22. The van der Waals surface area contributed by atoms with Crippen LogP contribution in [0.2, 0.25) is 4.34 Å². The molecule has 3 rings (SSSR count). The molecule has 9 heteroatoms. The maximum absolute atomic E-state index is 12.6. The maximum Gasteiger partial charge on any atom is 0.252 e. The third-order valence-electron chi connectivity index (χ3n) is 5.04. The number of hydrogen-bond donors (Lipinski definition) is 1. The Morgan fingerprint density at radius 2 is 1.88 bits per heavy atom. The van der Waals surface area contributed by atoms with E-state index in [1.54, 1.807) is 12.1 Å². The molecule has 1 amide bonds. The average Bonchev–Trinajstić information content (AvgIpc) is 3.26. The Morgan fingerprint density at radius 3 is 2.44 bits per heavy atom. The number of nitrogens with one attached hydrogen (secondary N) is 1. The molecule has 140 valence electrons. The third-order valence-corrected chi connectivity index (χ3v) is 8.64. The highest BCUT2D eigenvalue weighted by Crippen LogP contribution is 2.28. The number of halogens is 1. The lowest BCUT2D eigenvalue weighted by atomic mass is 10.2. The molecule has 1 aromatic heterocycles. The Balaban J connectivity index is 1.55. The molecule has 2 fully saturated rings. The van der Waals surface area contributed by atoms with Crippen molar-refractivity contribution in [1.82, 2.24) is 14.5 Å².